The number of hydrogen-bond donors (Lipinski definition) is 2. The van der Waals surface area contributed by atoms with Crippen LogP contribution in [0.15, 0.2) is 56.6 Å². The predicted molar refractivity (Wildman–Crippen MR) is 91.6 cm³/mol. The SMILES string of the molecule is NNC(CSc1ccc(Br)cc1)Cc1cncc(Br)c1. The summed E-state index contributed by atoms with van der Waals surface area (Å²) in [5.74, 6) is 6.55. The Morgan fingerprint density at radius 1 is 1.15 bits per heavy atom. The maximum Gasteiger partial charge on any atom is 0.0410 e. The quantitative estimate of drug-likeness (QED) is 0.427. The van der Waals surface area contributed by atoms with Crippen molar-refractivity contribution in [3.63, 3.8) is 0 Å². The van der Waals surface area contributed by atoms with Crippen LogP contribution >= 0.6 is 43.6 Å². The molecule has 3 nitrogen and oxygen atoms in total. The van der Waals surface area contributed by atoms with Gasteiger partial charge < -0.3 is 0 Å². The van der Waals surface area contributed by atoms with Crippen molar-refractivity contribution in [3.05, 3.63) is 57.2 Å². The number of benzene rings is 1. The summed E-state index contributed by atoms with van der Waals surface area (Å²) in [5, 5.41) is 0. The van der Waals surface area contributed by atoms with Crippen molar-refractivity contribution in [2.24, 2.45) is 5.84 Å². The predicted octanol–water partition coefficient (Wildman–Crippen LogP) is 3.77. The van der Waals surface area contributed by atoms with Crippen LogP contribution in [-0.4, -0.2) is 16.8 Å². The lowest BCUT2D eigenvalue weighted by Gasteiger charge is -2.15. The van der Waals surface area contributed by atoms with E-state index in [-0.39, 0.29) is 6.04 Å². The van der Waals surface area contributed by atoms with E-state index in [1.807, 2.05) is 18.3 Å². The second kappa shape index (κ2) is 8.14. The number of nitrogens with one attached hydrogen (secondary N) is 1. The van der Waals surface area contributed by atoms with Crippen LogP contribution in [0.4, 0.5) is 0 Å². The first-order valence-corrected chi connectivity index (χ1v) is 8.68. The zero-order valence-corrected chi connectivity index (χ0v) is 14.7. The summed E-state index contributed by atoms with van der Waals surface area (Å²) in [6.45, 7) is 0. The number of nitrogens with zero attached hydrogens (tertiary/aromatic N) is 1. The molecule has 6 heteroatoms. The number of hydrazine groups is 1. The van der Waals surface area contributed by atoms with Gasteiger partial charge in [0.25, 0.3) is 0 Å². The highest BCUT2D eigenvalue weighted by Crippen LogP contribution is 2.22. The van der Waals surface area contributed by atoms with Crippen LogP contribution in [0, 0.1) is 0 Å². The van der Waals surface area contributed by atoms with Gasteiger partial charge in [0.2, 0.25) is 0 Å². The lowest BCUT2D eigenvalue weighted by Crippen LogP contribution is -2.38. The van der Waals surface area contributed by atoms with Crippen molar-refractivity contribution < 1.29 is 0 Å². The summed E-state index contributed by atoms with van der Waals surface area (Å²) >= 11 is 8.66. The first-order valence-electron chi connectivity index (χ1n) is 6.11. The van der Waals surface area contributed by atoms with Crippen molar-refractivity contribution in [1.29, 1.82) is 0 Å². The molecule has 1 heterocycles. The van der Waals surface area contributed by atoms with Crippen molar-refractivity contribution in [2.45, 2.75) is 17.4 Å². The average Bonchev–Trinajstić information content (AvgIpc) is 2.45. The molecule has 0 spiro atoms. The fourth-order valence-electron chi connectivity index (χ4n) is 1.75. The Balaban J connectivity index is 1.90. The first kappa shape index (κ1) is 16.0. The molecule has 1 aromatic carbocycles. The van der Waals surface area contributed by atoms with E-state index in [2.05, 4.69) is 60.5 Å². The molecule has 1 aromatic heterocycles. The van der Waals surface area contributed by atoms with Gasteiger partial charge in [-0.2, -0.15) is 0 Å². The Hall–Kier alpha value is -0.400. The summed E-state index contributed by atoms with van der Waals surface area (Å²) in [5.41, 5.74) is 4.04. The molecule has 0 aliphatic heterocycles. The molecule has 106 valence electrons. The number of pyridine rings is 1. The molecule has 20 heavy (non-hydrogen) atoms. The maximum atomic E-state index is 5.64. The Kier molecular flexibility index (Phi) is 6.51. The molecule has 1 atom stereocenters. The summed E-state index contributed by atoms with van der Waals surface area (Å²) in [6.07, 6.45) is 4.51. The largest absolute Gasteiger partial charge is 0.271 e. The lowest BCUT2D eigenvalue weighted by atomic mass is 10.1. The zero-order valence-electron chi connectivity index (χ0n) is 10.7. The molecule has 1 unspecified atom stereocenters. The van der Waals surface area contributed by atoms with Gasteiger partial charge >= 0.3 is 0 Å². The summed E-state index contributed by atoms with van der Waals surface area (Å²) in [6, 6.07) is 10.6. The lowest BCUT2D eigenvalue weighted by molar-refractivity contribution is 0.574. The van der Waals surface area contributed by atoms with Crippen LogP contribution in [-0.2, 0) is 6.42 Å². The Labute approximate surface area is 140 Å². The maximum absolute atomic E-state index is 5.64. The summed E-state index contributed by atoms with van der Waals surface area (Å²) < 4.78 is 2.09. The first-order chi connectivity index (χ1) is 9.67. The molecule has 0 fully saturated rings. The van der Waals surface area contributed by atoms with Crippen LogP contribution in [0.5, 0.6) is 0 Å². The van der Waals surface area contributed by atoms with Crippen molar-refractivity contribution in [3.8, 4) is 0 Å². The fourth-order valence-corrected chi connectivity index (χ4v) is 3.36. The number of hydrogen-bond acceptors (Lipinski definition) is 4. The molecule has 0 amide bonds. The second-order valence-electron chi connectivity index (χ2n) is 4.34. The molecule has 0 radical (unpaired) electrons. The molecule has 0 bridgehead atoms. The number of rotatable bonds is 6. The minimum Gasteiger partial charge on any atom is -0.271 e. The van der Waals surface area contributed by atoms with Crippen LogP contribution < -0.4 is 11.3 Å². The van der Waals surface area contributed by atoms with E-state index in [9.17, 15) is 0 Å². The highest BCUT2D eigenvalue weighted by molar-refractivity contribution is 9.10. The molecular weight excluding hydrogens is 402 g/mol. The third-order valence-electron chi connectivity index (χ3n) is 2.74. The highest BCUT2D eigenvalue weighted by Gasteiger charge is 2.09. The number of halogens is 2. The molecule has 2 aromatic rings. The number of nitrogens with two attached hydrogens (primary N) is 1. The normalized spacial score (nSPS) is 12.3. The van der Waals surface area contributed by atoms with Gasteiger partial charge in [-0.1, -0.05) is 15.9 Å². The topological polar surface area (TPSA) is 50.9 Å². The monoisotopic (exact) mass is 415 g/mol. The molecule has 0 aliphatic rings. The van der Waals surface area contributed by atoms with E-state index >= 15 is 0 Å². The van der Waals surface area contributed by atoms with Gasteiger partial charge in [-0.15, -0.1) is 11.8 Å². The van der Waals surface area contributed by atoms with Gasteiger partial charge in [0.1, 0.15) is 0 Å². The molecule has 0 saturated heterocycles. The van der Waals surface area contributed by atoms with Crippen molar-refractivity contribution in [1.82, 2.24) is 10.4 Å². The molecule has 0 saturated carbocycles. The van der Waals surface area contributed by atoms with Gasteiger partial charge in [-0.25, -0.2) is 0 Å². The van der Waals surface area contributed by atoms with E-state index in [1.165, 1.54) is 10.5 Å². The summed E-state index contributed by atoms with van der Waals surface area (Å²) in [7, 11) is 0. The minimum atomic E-state index is 0.208. The van der Waals surface area contributed by atoms with Crippen LogP contribution in [0.25, 0.3) is 0 Å². The molecule has 2 rings (SSSR count). The van der Waals surface area contributed by atoms with E-state index in [0.29, 0.717) is 0 Å². The van der Waals surface area contributed by atoms with E-state index in [4.69, 9.17) is 5.84 Å². The van der Waals surface area contributed by atoms with E-state index in [0.717, 1.165) is 21.1 Å². The van der Waals surface area contributed by atoms with Gasteiger partial charge in [-0.3, -0.25) is 16.3 Å². The number of aromatic nitrogens is 1. The zero-order chi connectivity index (χ0) is 14.4. The van der Waals surface area contributed by atoms with Crippen LogP contribution in [0.3, 0.4) is 0 Å². The van der Waals surface area contributed by atoms with Crippen LogP contribution in [0.2, 0.25) is 0 Å². The third kappa shape index (κ3) is 5.18. The van der Waals surface area contributed by atoms with Gasteiger partial charge in [-0.05, 0) is 58.2 Å². The average molecular weight is 417 g/mol. The third-order valence-corrected chi connectivity index (χ3v) is 4.88. The van der Waals surface area contributed by atoms with E-state index in [1.54, 1.807) is 18.0 Å². The Morgan fingerprint density at radius 3 is 2.55 bits per heavy atom. The van der Waals surface area contributed by atoms with Gasteiger partial charge in [0.15, 0.2) is 0 Å². The van der Waals surface area contributed by atoms with E-state index < -0.39 is 0 Å². The van der Waals surface area contributed by atoms with Gasteiger partial charge in [0, 0.05) is 38.0 Å². The van der Waals surface area contributed by atoms with Crippen molar-refractivity contribution >= 4 is 43.6 Å². The molecule has 0 aliphatic carbocycles. The van der Waals surface area contributed by atoms with Crippen molar-refractivity contribution in [2.75, 3.05) is 5.75 Å². The Bertz CT molecular complexity index is 548. The molecular formula is C14H15Br2N3S. The van der Waals surface area contributed by atoms with Crippen LogP contribution in [0.1, 0.15) is 5.56 Å². The number of thioether (sulfide) groups is 1. The second-order valence-corrected chi connectivity index (χ2v) is 7.27. The molecule has 3 N–H and O–H groups in total. The highest BCUT2D eigenvalue weighted by atomic mass is 79.9. The smallest absolute Gasteiger partial charge is 0.0410 e. The summed E-state index contributed by atoms with van der Waals surface area (Å²) in [4.78, 5) is 5.41. The minimum absolute atomic E-state index is 0.208. The fraction of sp³-hybridized carbons (Fsp3) is 0.214. The Morgan fingerprint density at radius 2 is 1.90 bits per heavy atom. The van der Waals surface area contributed by atoms with Gasteiger partial charge in [0.05, 0.1) is 0 Å². The standard InChI is InChI=1S/C14H15Br2N3S/c15-11-1-3-14(4-2-11)20-9-13(19-17)6-10-5-12(16)8-18-7-10/h1-5,7-8,13,19H,6,9,17H2.